The Balaban J connectivity index is 2.00. The van der Waals surface area contributed by atoms with Crippen molar-refractivity contribution in [3.8, 4) is 0 Å². The van der Waals surface area contributed by atoms with Gasteiger partial charge in [0.2, 0.25) is 5.91 Å². The first-order valence-corrected chi connectivity index (χ1v) is 9.40. The Morgan fingerprint density at radius 1 is 1.15 bits per heavy atom. The smallest absolute Gasteiger partial charge is 0.251 e. The van der Waals surface area contributed by atoms with Crippen molar-refractivity contribution in [2.45, 2.75) is 19.9 Å². The van der Waals surface area contributed by atoms with Gasteiger partial charge in [0, 0.05) is 33.9 Å². The average Bonchev–Trinajstić information content (AvgIpc) is 2.61. The summed E-state index contributed by atoms with van der Waals surface area (Å²) in [7, 11) is 1.85. The first-order chi connectivity index (χ1) is 12.8. The molecule has 1 atom stereocenters. The summed E-state index contributed by atoms with van der Waals surface area (Å²) in [5.74, 6) is -0.348. The fourth-order valence-corrected chi connectivity index (χ4v) is 3.21. The van der Waals surface area contributed by atoms with E-state index in [9.17, 15) is 9.59 Å². The van der Waals surface area contributed by atoms with E-state index in [2.05, 4.69) is 10.6 Å². The van der Waals surface area contributed by atoms with Crippen LogP contribution in [0.5, 0.6) is 0 Å². The number of hydrogen-bond acceptors (Lipinski definition) is 3. The standard InChI is InChI=1S/C20H23Cl2N3O2/c1-4-23-20(27)14-6-5-7-16(10-14)24-19(26)12-25(3)13(2)17-9-8-15(21)11-18(17)22/h5-11,13H,4,12H2,1-3H3,(H,23,27)(H,24,26). The van der Waals surface area contributed by atoms with Gasteiger partial charge >= 0.3 is 0 Å². The highest BCUT2D eigenvalue weighted by atomic mass is 35.5. The Kier molecular flexibility index (Phi) is 7.66. The lowest BCUT2D eigenvalue weighted by molar-refractivity contribution is -0.117. The summed E-state index contributed by atoms with van der Waals surface area (Å²) in [4.78, 5) is 26.2. The molecule has 0 aliphatic heterocycles. The van der Waals surface area contributed by atoms with Gasteiger partial charge in [0.15, 0.2) is 0 Å². The van der Waals surface area contributed by atoms with Crippen LogP contribution in [-0.2, 0) is 4.79 Å². The summed E-state index contributed by atoms with van der Waals surface area (Å²) >= 11 is 12.2. The number of nitrogens with zero attached hydrogens (tertiary/aromatic N) is 1. The maximum atomic E-state index is 12.4. The van der Waals surface area contributed by atoms with Gasteiger partial charge in [-0.1, -0.05) is 35.3 Å². The predicted octanol–water partition coefficient (Wildman–Crippen LogP) is 4.37. The van der Waals surface area contributed by atoms with Crippen LogP contribution in [0.2, 0.25) is 10.0 Å². The molecule has 0 spiro atoms. The molecular weight excluding hydrogens is 385 g/mol. The molecule has 144 valence electrons. The number of carbonyl (C=O) groups excluding carboxylic acids is 2. The number of halogens is 2. The third kappa shape index (κ3) is 5.96. The minimum Gasteiger partial charge on any atom is -0.352 e. The summed E-state index contributed by atoms with van der Waals surface area (Å²) in [5, 5.41) is 6.70. The van der Waals surface area contributed by atoms with E-state index < -0.39 is 0 Å². The molecule has 0 heterocycles. The van der Waals surface area contributed by atoms with Crippen molar-refractivity contribution in [2.24, 2.45) is 0 Å². The zero-order valence-electron chi connectivity index (χ0n) is 15.6. The molecule has 27 heavy (non-hydrogen) atoms. The number of anilines is 1. The van der Waals surface area contributed by atoms with Gasteiger partial charge in [0.1, 0.15) is 0 Å². The number of nitrogens with one attached hydrogen (secondary N) is 2. The largest absolute Gasteiger partial charge is 0.352 e. The van der Waals surface area contributed by atoms with E-state index in [1.807, 2.05) is 31.9 Å². The van der Waals surface area contributed by atoms with Crippen LogP contribution in [-0.4, -0.2) is 36.9 Å². The van der Waals surface area contributed by atoms with Gasteiger partial charge in [-0.25, -0.2) is 0 Å². The zero-order chi connectivity index (χ0) is 20.0. The van der Waals surface area contributed by atoms with Crippen molar-refractivity contribution in [2.75, 3.05) is 25.5 Å². The Morgan fingerprint density at radius 3 is 2.56 bits per heavy atom. The minimum atomic E-state index is -0.178. The fourth-order valence-electron chi connectivity index (χ4n) is 2.64. The average molecular weight is 408 g/mol. The molecule has 2 aromatic carbocycles. The van der Waals surface area contributed by atoms with Crippen LogP contribution in [0.25, 0.3) is 0 Å². The van der Waals surface area contributed by atoms with Gasteiger partial charge in [-0.05, 0) is 56.8 Å². The lowest BCUT2D eigenvalue weighted by Crippen LogP contribution is -2.32. The molecule has 0 saturated carbocycles. The number of hydrogen-bond donors (Lipinski definition) is 2. The van der Waals surface area contributed by atoms with E-state index in [-0.39, 0.29) is 24.4 Å². The summed E-state index contributed by atoms with van der Waals surface area (Å²) in [6.45, 7) is 4.54. The highest BCUT2D eigenvalue weighted by molar-refractivity contribution is 6.35. The second-order valence-corrected chi connectivity index (χ2v) is 7.09. The van der Waals surface area contributed by atoms with Crippen molar-refractivity contribution in [3.63, 3.8) is 0 Å². The summed E-state index contributed by atoms with van der Waals surface area (Å²) in [5.41, 5.74) is 1.98. The lowest BCUT2D eigenvalue weighted by Gasteiger charge is -2.25. The van der Waals surface area contributed by atoms with Crippen LogP contribution < -0.4 is 10.6 Å². The fraction of sp³-hybridized carbons (Fsp3) is 0.300. The molecule has 2 aromatic rings. The van der Waals surface area contributed by atoms with E-state index in [1.54, 1.807) is 36.4 Å². The highest BCUT2D eigenvalue weighted by Gasteiger charge is 2.18. The first kappa shape index (κ1) is 21.2. The van der Waals surface area contributed by atoms with Gasteiger partial charge in [0.25, 0.3) is 5.91 Å². The molecule has 0 aromatic heterocycles. The van der Waals surface area contributed by atoms with Crippen molar-refractivity contribution in [1.82, 2.24) is 10.2 Å². The molecule has 2 rings (SSSR count). The van der Waals surface area contributed by atoms with Crippen molar-refractivity contribution >= 4 is 40.7 Å². The molecule has 2 N–H and O–H groups in total. The predicted molar refractivity (Wildman–Crippen MR) is 111 cm³/mol. The van der Waals surface area contributed by atoms with Gasteiger partial charge in [-0.3, -0.25) is 14.5 Å². The maximum absolute atomic E-state index is 12.4. The zero-order valence-corrected chi connectivity index (χ0v) is 17.1. The summed E-state index contributed by atoms with van der Waals surface area (Å²) in [6, 6.07) is 12.1. The molecule has 0 aliphatic carbocycles. The normalized spacial score (nSPS) is 11.9. The monoisotopic (exact) mass is 407 g/mol. The van der Waals surface area contributed by atoms with Crippen molar-refractivity contribution < 1.29 is 9.59 Å². The summed E-state index contributed by atoms with van der Waals surface area (Å²) < 4.78 is 0. The summed E-state index contributed by atoms with van der Waals surface area (Å²) in [6.07, 6.45) is 0. The molecule has 0 fully saturated rings. The maximum Gasteiger partial charge on any atom is 0.251 e. The van der Waals surface area contributed by atoms with Crippen LogP contribution in [0, 0.1) is 0 Å². The molecule has 2 amide bonds. The van der Waals surface area contributed by atoms with Crippen molar-refractivity contribution in [3.05, 3.63) is 63.6 Å². The second kappa shape index (κ2) is 9.74. The van der Waals surface area contributed by atoms with Gasteiger partial charge in [0.05, 0.1) is 6.54 Å². The lowest BCUT2D eigenvalue weighted by atomic mass is 10.1. The van der Waals surface area contributed by atoms with Crippen LogP contribution in [0.15, 0.2) is 42.5 Å². The highest BCUT2D eigenvalue weighted by Crippen LogP contribution is 2.28. The van der Waals surface area contributed by atoms with Crippen LogP contribution in [0.3, 0.4) is 0 Å². The molecule has 0 bridgehead atoms. The first-order valence-electron chi connectivity index (χ1n) is 8.65. The SMILES string of the molecule is CCNC(=O)c1cccc(NC(=O)CN(C)C(C)c2ccc(Cl)cc2Cl)c1. The Morgan fingerprint density at radius 2 is 1.89 bits per heavy atom. The molecular formula is C20H23Cl2N3O2. The third-order valence-electron chi connectivity index (χ3n) is 4.21. The van der Waals surface area contributed by atoms with E-state index in [1.165, 1.54) is 0 Å². The topological polar surface area (TPSA) is 61.4 Å². The van der Waals surface area contributed by atoms with E-state index >= 15 is 0 Å². The number of amides is 2. The van der Waals surface area contributed by atoms with Crippen molar-refractivity contribution in [1.29, 1.82) is 0 Å². The molecule has 0 aliphatic rings. The van der Waals surface area contributed by atoms with E-state index in [4.69, 9.17) is 23.2 Å². The molecule has 0 radical (unpaired) electrons. The number of likely N-dealkylation sites (N-methyl/N-ethyl adjacent to an activating group) is 1. The molecule has 7 heteroatoms. The Hall–Kier alpha value is -2.08. The Labute approximate surface area is 169 Å². The van der Waals surface area contributed by atoms with Gasteiger partial charge < -0.3 is 10.6 Å². The van der Waals surface area contributed by atoms with Crippen LogP contribution in [0.4, 0.5) is 5.69 Å². The number of rotatable bonds is 7. The van der Waals surface area contributed by atoms with Crippen LogP contribution in [0.1, 0.15) is 35.8 Å². The van der Waals surface area contributed by atoms with E-state index in [0.29, 0.717) is 27.8 Å². The minimum absolute atomic E-state index is 0.0674. The number of benzene rings is 2. The van der Waals surface area contributed by atoms with Gasteiger partial charge in [-0.2, -0.15) is 0 Å². The number of carbonyl (C=O) groups is 2. The van der Waals surface area contributed by atoms with E-state index in [0.717, 1.165) is 5.56 Å². The second-order valence-electron chi connectivity index (χ2n) is 6.25. The van der Waals surface area contributed by atoms with Crippen LogP contribution >= 0.6 is 23.2 Å². The third-order valence-corrected chi connectivity index (χ3v) is 4.78. The quantitative estimate of drug-likeness (QED) is 0.715. The molecule has 0 saturated heterocycles. The Bertz CT molecular complexity index is 827. The molecule has 5 nitrogen and oxygen atoms in total. The van der Waals surface area contributed by atoms with Gasteiger partial charge in [-0.15, -0.1) is 0 Å². The molecule has 1 unspecified atom stereocenters.